The number of para-hydroxylation sites is 1. The van der Waals surface area contributed by atoms with Gasteiger partial charge in [0.2, 0.25) is 17.5 Å². The van der Waals surface area contributed by atoms with E-state index in [9.17, 15) is 24.6 Å². The molecule has 4 rings (SSSR count). The van der Waals surface area contributed by atoms with Gasteiger partial charge in [0, 0.05) is 24.1 Å². The van der Waals surface area contributed by atoms with Crippen LogP contribution in [0.15, 0.2) is 48.5 Å². The number of aryl methyl sites for hydroxylation is 1. The lowest BCUT2D eigenvalue weighted by molar-refractivity contribution is -0.437. The van der Waals surface area contributed by atoms with Gasteiger partial charge in [0.15, 0.2) is 12.8 Å². The normalized spacial score (nSPS) is 20.4. The molecule has 0 saturated heterocycles. The summed E-state index contributed by atoms with van der Waals surface area (Å²) in [7, 11) is 0. The molecular weight excluding hydrogens is 474 g/mol. The fourth-order valence-corrected chi connectivity index (χ4v) is 4.98. The fourth-order valence-electron chi connectivity index (χ4n) is 4.98. The van der Waals surface area contributed by atoms with E-state index in [-0.39, 0.29) is 24.0 Å². The van der Waals surface area contributed by atoms with E-state index < -0.39 is 23.8 Å². The molecule has 0 radical (unpaired) electrons. The maximum atomic E-state index is 13.3. The molecule has 0 aromatic heterocycles. The summed E-state index contributed by atoms with van der Waals surface area (Å²) in [6, 6.07) is 14.0. The first-order chi connectivity index (χ1) is 17.9. The molecular formula is C28H34N3O6+. The summed E-state index contributed by atoms with van der Waals surface area (Å²) in [6.07, 6.45) is 3.76. The number of benzene rings is 2. The first-order valence-electron chi connectivity index (χ1n) is 12.8. The van der Waals surface area contributed by atoms with Gasteiger partial charge in [-0.05, 0) is 43.4 Å². The number of carboxylic acid groups (broad SMARTS) is 1. The third-order valence-corrected chi connectivity index (χ3v) is 6.90. The topological polar surface area (TPSA) is 128 Å². The van der Waals surface area contributed by atoms with Crippen molar-refractivity contribution in [3.63, 3.8) is 0 Å². The van der Waals surface area contributed by atoms with Gasteiger partial charge in [0.25, 0.3) is 0 Å². The molecule has 9 heteroatoms. The van der Waals surface area contributed by atoms with Crippen LogP contribution >= 0.6 is 0 Å². The van der Waals surface area contributed by atoms with Crippen LogP contribution in [0.4, 0.5) is 5.69 Å². The monoisotopic (exact) mass is 508 g/mol. The molecule has 37 heavy (non-hydrogen) atoms. The summed E-state index contributed by atoms with van der Waals surface area (Å²) >= 11 is 0. The summed E-state index contributed by atoms with van der Waals surface area (Å²) < 4.78 is 7.80. The Morgan fingerprint density at radius 1 is 1.14 bits per heavy atom. The molecule has 3 atom stereocenters. The van der Waals surface area contributed by atoms with Crippen molar-refractivity contribution in [1.82, 2.24) is 10.6 Å². The van der Waals surface area contributed by atoms with Gasteiger partial charge in [-0.3, -0.25) is 14.4 Å². The highest BCUT2D eigenvalue weighted by atomic mass is 16.5. The Balaban J connectivity index is 1.46. The van der Waals surface area contributed by atoms with E-state index in [1.165, 1.54) is 0 Å². The van der Waals surface area contributed by atoms with Gasteiger partial charge in [-0.15, -0.1) is 0 Å². The van der Waals surface area contributed by atoms with E-state index in [0.717, 1.165) is 16.8 Å². The molecule has 0 saturated carbocycles. The molecule has 2 bridgehead atoms. The van der Waals surface area contributed by atoms with Crippen LogP contribution in [0.3, 0.4) is 0 Å². The van der Waals surface area contributed by atoms with E-state index in [2.05, 4.69) is 21.4 Å². The third-order valence-electron chi connectivity index (χ3n) is 6.90. The zero-order valence-electron chi connectivity index (χ0n) is 20.8. The van der Waals surface area contributed by atoms with Crippen molar-refractivity contribution < 1.29 is 33.9 Å². The highest BCUT2D eigenvalue weighted by Gasteiger charge is 2.35. The van der Waals surface area contributed by atoms with Gasteiger partial charge < -0.3 is 25.6 Å². The van der Waals surface area contributed by atoms with Crippen molar-refractivity contribution in [3.8, 4) is 5.75 Å². The number of carbonyl (C=O) groups is 3. The van der Waals surface area contributed by atoms with Gasteiger partial charge in [0.1, 0.15) is 18.4 Å². The Kier molecular flexibility index (Phi) is 8.90. The molecule has 2 aliphatic heterocycles. The zero-order chi connectivity index (χ0) is 26.2. The number of rotatable bonds is 8. The number of ether oxygens (including phenoxy) is 1. The molecule has 9 nitrogen and oxygen atoms in total. The standard InChI is InChI=1S/C28H33N3O6/c32-22-10-8-19(9-11-22)4-3-5-20(17-26(33)34)27(35)30-24-16-21-18-31(25-7-2-1-6-23(21)25)13-15-37-14-12-29-28(24)36/h1-2,6-11,18,20-21,24H,3-5,12-17H2,(H3-,29,30,32,33,34,35,36)/p+1/t20-,21?,24+/m1/s1. The minimum atomic E-state index is -1.06. The van der Waals surface area contributed by atoms with Crippen molar-refractivity contribution >= 4 is 29.7 Å². The molecule has 1 unspecified atom stereocenters. The maximum Gasteiger partial charge on any atom is 0.304 e. The van der Waals surface area contributed by atoms with Crippen LogP contribution in [0.25, 0.3) is 0 Å². The lowest BCUT2D eigenvalue weighted by atomic mass is 9.92. The molecule has 2 aromatic carbocycles. The minimum Gasteiger partial charge on any atom is -0.508 e. The van der Waals surface area contributed by atoms with Crippen molar-refractivity contribution in [2.75, 3.05) is 26.3 Å². The minimum absolute atomic E-state index is 0.0703. The lowest BCUT2D eigenvalue weighted by Gasteiger charge is -2.23. The summed E-state index contributed by atoms with van der Waals surface area (Å²) in [5, 5.41) is 24.6. The van der Waals surface area contributed by atoms with Gasteiger partial charge in [0.05, 0.1) is 18.9 Å². The average molecular weight is 509 g/mol. The number of phenols is 1. The van der Waals surface area contributed by atoms with E-state index in [1.54, 1.807) is 24.3 Å². The number of carbonyl (C=O) groups excluding carboxylic acids is 2. The van der Waals surface area contributed by atoms with Crippen LogP contribution in [0.5, 0.6) is 5.75 Å². The second-order valence-electron chi connectivity index (χ2n) is 9.56. The molecule has 0 aliphatic carbocycles. The number of carboxylic acids is 1. The number of hydrogen-bond acceptors (Lipinski definition) is 5. The van der Waals surface area contributed by atoms with Crippen LogP contribution in [0.1, 0.15) is 42.7 Å². The largest absolute Gasteiger partial charge is 0.508 e. The third kappa shape index (κ3) is 7.16. The number of nitrogens with zero attached hydrogens (tertiary/aromatic N) is 1. The molecule has 0 spiro atoms. The Morgan fingerprint density at radius 2 is 1.92 bits per heavy atom. The number of phenolic OH excluding ortho intramolecular Hbond substituents is 1. The molecule has 2 aliphatic rings. The van der Waals surface area contributed by atoms with E-state index in [0.29, 0.717) is 52.0 Å². The van der Waals surface area contributed by atoms with Gasteiger partial charge >= 0.3 is 5.97 Å². The predicted molar refractivity (Wildman–Crippen MR) is 137 cm³/mol. The summed E-state index contributed by atoms with van der Waals surface area (Å²) in [4.78, 5) is 37.9. The smallest absolute Gasteiger partial charge is 0.304 e. The van der Waals surface area contributed by atoms with Gasteiger partial charge in [-0.1, -0.05) is 30.3 Å². The Labute approximate surface area is 216 Å². The fraction of sp³-hybridized carbons (Fsp3) is 0.429. The highest BCUT2D eigenvalue weighted by Crippen LogP contribution is 2.34. The number of aromatic hydroxyl groups is 1. The Hall–Kier alpha value is -3.72. The number of aliphatic carboxylic acids is 1. The highest BCUT2D eigenvalue weighted by molar-refractivity contribution is 5.90. The second kappa shape index (κ2) is 12.5. The van der Waals surface area contributed by atoms with Crippen LogP contribution in [0, 0.1) is 5.92 Å². The second-order valence-corrected chi connectivity index (χ2v) is 9.56. The lowest BCUT2D eigenvalue weighted by Crippen LogP contribution is -2.50. The summed E-state index contributed by atoms with van der Waals surface area (Å²) in [5.41, 5.74) is 3.15. The van der Waals surface area contributed by atoms with Crippen molar-refractivity contribution in [3.05, 3.63) is 59.7 Å². The average Bonchev–Trinajstić information content (AvgIpc) is 3.22. The first kappa shape index (κ1) is 26.3. The molecule has 2 heterocycles. The number of fused-ring (bicyclic) bond motifs is 4. The maximum absolute atomic E-state index is 13.3. The van der Waals surface area contributed by atoms with Crippen molar-refractivity contribution in [2.24, 2.45) is 5.92 Å². The first-order valence-corrected chi connectivity index (χ1v) is 12.8. The Bertz CT molecular complexity index is 1150. The number of nitrogens with one attached hydrogen (secondary N) is 2. The van der Waals surface area contributed by atoms with Crippen molar-refractivity contribution in [1.29, 1.82) is 0 Å². The number of amides is 2. The van der Waals surface area contributed by atoms with E-state index >= 15 is 0 Å². The van der Waals surface area contributed by atoms with Crippen LogP contribution in [0.2, 0.25) is 0 Å². The molecule has 0 fully saturated rings. The van der Waals surface area contributed by atoms with Crippen LogP contribution in [-0.4, -0.2) is 71.1 Å². The molecule has 4 N–H and O–H groups in total. The number of hydrogen-bond donors (Lipinski definition) is 4. The van der Waals surface area contributed by atoms with E-state index in [4.69, 9.17) is 4.74 Å². The summed E-state index contributed by atoms with van der Waals surface area (Å²) in [6.45, 7) is 1.93. The van der Waals surface area contributed by atoms with Gasteiger partial charge in [-0.25, -0.2) is 0 Å². The summed E-state index contributed by atoms with van der Waals surface area (Å²) in [5.74, 6) is -2.44. The Morgan fingerprint density at radius 3 is 2.70 bits per heavy atom. The van der Waals surface area contributed by atoms with Crippen molar-refractivity contribution in [2.45, 2.75) is 44.1 Å². The zero-order valence-corrected chi connectivity index (χ0v) is 20.8. The predicted octanol–water partition coefficient (Wildman–Crippen LogP) is 2.34. The van der Waals surface area contributed by atoms with Gasteiger partial charge in [-0.2, -0.15) is 4.58 Å². The quantitative estimate of drug-likeness (QED) is 0.405. The molecule has 196 valence electrons. The molecule has 2 amide bonds. The SMILES string of the molecule is O=C(O)C[C@@H](CCCc1ccc(O)cc1)C(=O)N[C@H]1CC2C=[N+](CCOCCNC1=O)c1ccccc12. The van der Waals surface area contributed by atoms with E-state index in [1.807, 2.05) is 24.3 Å². The van der Waals surface area contributed by atoms with Crippen LogP contribution < -0.4 is 10.6 Å². The van der Waals surface area contributed by atoms with Crippen LogP contribution in [-0.2, 0) is 25.5 Å². The molecule has 2 aromatic rings.